The van der Waals surface area contributed by atoms with Gasteiger partial charge in [-0.3, -0.25) is 4.98 Å². The minimum absolute atomic E-state index is 0.295. The monoisotopic (exact) mass is 407 g/mol. The molecule has 0 fully saturated rings. The molecule has 0 aliphatic carbocycles. The molecular weight excluding hydrogens is 396 g/mol. The van der Waals surface area contributed by atoms with Crippen molar-refractivity contribution in [3.05, 3.63) is 88.8 Å². The summed E-state index contributed by atoms with van der Waals surface area (Å²) in [6.07, 6.45) is 1.80. The minimum atomic E-state index is -0.295. The first-order valence-electron chi connectivity index (χ1n) is 8.59. The van der Waals surface area contributed by atoms with Gasteiger partial charge >= 0.3 is 0 Å². The Morgan fingerprint density at radius 2 is 1.64 bits per heavy atom. The van der Waals surface area contributed by atoms with Gasteiger partial charge < -0.3 is 0 Å². The molecule has 28 heavy (non-hydrogen) atoms. The third kappa shape index (κ3) is 2.73. The van der Waals surface area contributed by atoms with Gasteiger partial charge in [0.15, 0.2) is 0 Å². The summed E-state index contributed by atoms with van der Waals surface area (Å²) in [6.45, 7) is 0. The van der Waals surface area contributed by atoms with Crippen molar-refractivity contribution in [2.75, 3.05) is 0 Å². The SMILES string of the molecule is Fc1ccc(-c2nn(-c3ccc(Cl)cc3Cl)c3c2cnc2ccccc23)cc1. The summed E-state index contributed by atoms with van der Waals surface area (Å²) in [5.41, 5.74) is 3.95. The van der Waals surface area contributed by atoms with Crippen LogP contribution in [-0.4, -0.2) is 14.8 Å². The summed E-state index contributed by atoms with van der Waals surface area (Å²) in [6, 6.07) is 19.4. The van der Waals surface area contributed by atoms with E-state index in [1.165, 1.54) is 12.1 Å². The molecule has 5 rings (SSSR count). The molecule has 0 saturated carbocycles. The highest BCUT2D eigenvalue weighted by Crippen LogP contribution is 2.35. The Balaban J connectivity index is 1.90. The molecule has 0 unspecified atom stereocenters. The Labute approximate surface area is 170 Å². The number of benzene rings is 3. The Hall–Kier alpha value is -2.95. The van der Waals surface area contributed by atoms with E-state index in [4.69, 9.17) is 28.3 Å². The molecule has 0 bridgehead atoms. The van der Waals surface area contributed by atoms with E-state index in [-0.39, 0.29) is 5.82 Å². The van der Waals surface area contributed by atoms with E-state index in [0.29, 0.717) is 21.4 Å². The molecule has 0 spiro atoms. The van der Waals surface area contributed by atoms with Crippen LogP contribution in [0.5, 0.6) is 0 Å². The fourth-order valence-electron chi connectivity index (χ4n) is 3.38. The fourth-order valence-corrected chi connectivity index (χ4v) is 3.87. The van der Waals surface area contributed by atoms with Crippen LogP contribution in [0.25, 0.3) is 38.8 Å². The van der Waals surface area contributed by atoms with Gasteiger partial charge in [-0.05, 0) is 48.5 Å². The molecule has 2 aromatic heterocycles. The third-order valence-corrected chi connectivity index (χ3v) is 5.21. The molecule has 136 valence electrons. The summed E-state index contributed by atoms with van der Waals surface area (Å²) in [5.74, 6) is -0.295. The maximum absolute atomic E-state index is 13.4. The molecule has 0 N–H and O–H groups in total. The predicted molar refractivity (Wildman–Crippen MR) is 112 cm³/mol. The number of hydrogen-bond donors (Lipinski definition) is 0. The van der Waals surface area contributed by atoms with Gasteiger partial charge in [-0.2, -0.15) is 5.10 Å². The van der Waals surface area contributed by atoms with Crippen molar-refractivity contribution < 1.29 is 4.39 Å². The van der Waals surface area contributed by atoms with Gasteiger partial charge in [0.2, 0.25) is 0 Å². The number of aromatic nitrogens is 3. The molecule has 2 heterocycles. The lowest BCUT2D eigenvalue weighted by Crippen LogP contribution is -1.98. The second-order valence-electron chi connectivity index (χ2n) is 6.40. The van der Waals surface area contributed by atoms with Crippen LogP contribution in [0.4, 0.5) is 4.39 Å². The van der Waals surface area contributed by atoms with Crippen LogP contribution >= 0.6 is 23.2 Å². The normalized spacial score (nSPS) is 11.4. The molecule has 3 aromatic carbocycles. The van der Waals surface area contributed by atoms with Crippen molar-refractivity contribution in [2.45, 2.75) is 0 Å². The molecule has 5 aromatic rings. The van der Waals surface area contributed by atoms with E-state index < -0.39 is 0 Å². The van der Waals surface area contributed by atoms with Crippen molar-refractivity contribution in [3.8, 4) is 16.9 Å². The first-order valence-corrected chi connectivity index (χ1v) is 9.35. The summed E-state index contributed by atoms with van der Waals surface area (Å²) in [5, 5.41) is 7.68. The first kappa shape index (κ1) is 17.2. The third-order valence-electron chi connectivity index (χ3n) is 4.67. The Morgan fingerprint density at radius 3 is 2.43 bits per heavy atom. The zero-order chi connectivity index (χ0) is 19.3. The van der Waals surface area contributed by atoms with Crippen LogP contribution in [0.3, 0.4) is 0 Å². The number of nitrogens with zero attached hydrogens (tertiary/aromatic N) is 3. The Kier molecular flexibility index (Phi) is 4.04. The molecule has 0 amide bonds. The standard InChI is InChI=1S/C22H12Cl2FN3/c23-14-7-10-20(18(24)11-14)28-22-16-3-1-2-4-19(16)26-12-17(22)21(27-28)13-5-8-15(25)9-6-13/h1-12H. The lowest BCUT2D eigenvalue weighted by Gasteiger charge is -2.08. The number of pyridine rings is 1. The lowest BCUT2D eigenvalue weighted by atomic mass is 10.1. The van der Waals surface area contributed by atoms with Crippen molar-refractivity contribution in [2.24, 2.45) is 0 Å². The van der Waals surface area contributed by atoms with Crippen molar-refractivity contribution >= 4 is 45.0 Å². The van der Waals surface area contributed by atoms with E-state index in [1.807, 2.05) is 30.3 Å². The molecule has 0 radical (unpaired) electrons. The van der Waals surface area contributed by atoms with E-state index in [9.17, 15) is 4.39 Å². The molecule has 0 atom stereocenters. The fraction of sp³-hybridized carbons (Fsp3) is 0. The van der Waals surface area contributed by atoms with Gasteiger partial charge in [0.25, 0.3) is 0 Å². The van der Waals surface area contributed by atoms with Crippen LogP contribution < -0.4 is 0 Å². The van der Waals surface area contributed by atoms with Crippen molar-refractivity contribution in [3.63, 3.8) is 0 Å². The number of halogens is 3. The smallest absolute Gasteiger partial charge is 0.123 e. The van der Waals surface area contributed by atoms with Gasteiger partial charge in [-0.15, -0.1) is 0 Å². The van der Waals surface area contributed by atoms with Crippen LogP contribution in [0.15, 0.2) is 72.9 Å². The van der Waals surface area contributed by atoms with Crippen molar-refractivity contribution in [1.29, 1.82) is 0 Å². The van der Waals surface area contributed by atoms with Crippen LogP contribution in [0.1, 0.15) is 0 Å². The maximum Gasteiger partial charge on any atom is 0.123 e. The van der Waals surface area contributed by atoms with Crippen LogP contribution in [0.2, 0.25) is 10.0 Å². The molecule has 0 aliphatic rings. The van der Waals surface area contributed by atoms with Crippen LogP contribution in [0, 0.1) is 5.82 Å². The maximum atomic E-state index is 13.4. The molecule has 6 heteroatoms. The average molecular weight is 408 g/mol. The first-order chi connectivity index (χ1) is 13.6. The van der Waals surface area contributed by atoms with Gasteiger partial charge in [0, 0.05) is 27.6 Å². The highest BCUT2D eigenvalue weighted by atomic mass is 35.5. The van der Waals surface area contributed by atoms with Gasteiger partial charge in [-0.25, -0.2) is 9.07 Å². The topological polar surface area (TPSA) is 30.7 Å². The summed E-state index contributed by atoms with van der Waals surface area (Å²) in [4.78, 5) is 4.58. The number of hydrogen-bond acceptors (Lipinski definition) is 2. The van der Waals surface area contributed by atoms with E-state index in [2.05, 4.69) is 4.98 Å². The van der Waals surface area contributed by atoms with Gasteiger partial charge in [-0.1, -0.05) is 41.4 Å². The second-order valence-corrected chi connectivity index (χ2v) is 7.24. The zero-order valence-electron chi connectivity index (χ0n) is 14.4. The van der Waals surface area contributed by atoms with E-state index in [0.717, 1.165) is 27.4 Å². The Morgan fingerprint density at radius 1 is 0.857 bits per heavy atom. The summed E-state index contributed by atoms with van der Waals surface area (Å²) in [7, 11) is 0. The van der Waals surface area contributed by atoms with Crippen molar-refractivity contribution in [1.82, 2.24) is 14.8 Å². The summed E-state index contributed by atoms with van der Waals surface area (Å²) < 4.78 is 15.2. The molecule has 0 saturated heterocycles. The van der Waals surface area contributed by atoms with Crippen LogP contribution in [-0.2, 0) is 0 Å². The van der Waals surface area contributed by atoms with E-state index in [1.54, 1.807) is 35.1 Å². The number of rotatable bonds is 2. The van der Waals surface area contributed by atoms with Gasteiger partial charge in [0.1, 0.15) is 11.5 Å². The largest absolute Gasteiger partial charge is 0.255 e. The number of fused-ring (bicyclic) bond motifs is 3. The lowest BCUT2D eigenvalue weighted by molar-refractivity contribution is 0.628. The highest BCUT2D eigenvalue weighted by Gasteiger charge is 2.18. The predicted octanol–water partition coefficient (Wildman–Crippen LogP) is 6.69. The van der Waals surface area contributed by atoms with E-state index >= 15 is 0 Å². The Bertz CT molecular complexity index is 1340. The average Bonchev–Trinajstić information content (AvgIpc) is 3.08. The molecular formula is C22H12Cl2FN3. The quantitative estimate of drug-likeness (QED) is 0.326. The second kappa shape index (κ2) is 6.59. The summed E-state index contributed by atoms with van der Waals surface area (Å²) >= 11 is 12.6. The number of para-hydroxylation sites is 1. The molecule has 0 aliphatic heterocycles. The zero-order valence-corrected chi connectivity index (χ0v) is 15.9. The minimum Gasteiger partial charge on any atom is -0.255 e. The molecule has 3 nitrogen and oxygen atoms in total. The van der Waals surface area contributed by atoms with Gasteiger partial charge in [0.05, 0.1) is 21.7 Å². The highest BCUT2D eigenvalue weighted by molar-refractivity contribution is 6.35.